The van der Waals surface area contributed by atoms with Crippen molar-refractivity contribution in [1.82, 2.24) is 9.97 Å². The third-order valence-corrected chi connectivity index (χ3v) is 4.55. The molecular formula is C23H23N5O2. The van der Waals surface area contributed by atoms with Crippen LogP contribution in [0.4, 0.5) is 5.95 Å². The number of methoxy groups -OCH3 is 1. The zero-order valence-corrected chi connectivity index (χ0v) is 17.4. The van der Waals surface area contributed by atoms with Gasteiger partial charge in [-0.25, -0.2) is 10.4 Å². The number of benzene rings is 2. The van der Waals surface area contributed by atoms with Crippen LogP contribution >= 0.6 is 0 Å². The van der Waals surface area contributed by atoms with E-state index in [1.165, 1.54) is 0 Å². The smallest absolute Gasteiger partial charge is 0.270 e. The number of hydrogen-bond donors (Lipinski definition) is 2. The van der Waals surface area contributed by atoms with Gasteiger partial charge in [0.15, 0.2) is 0 Å². The van der Waals surface area contributed by atoms with Crippen molar-refractivity contribution in [2.75, 3.05) is 12.5 Å². The number of rotatable bonds is 5. The molecule has 7 heteroatoms. The highest BCUT2D eigenvalue weighted by atomic mass is 16.5. The second-order valence-electron chi connectivity index (χ2n) is 7.69. The molecule has 3 aromatic rings. The van der Waals surface area contributed by atoms with Gasteiger partial charge in [0.1, 0.15) is 17.4 Å². The minimum atomic E-state index is -0.531. The Kier molecular flexibility index (Phi) is 5.98. The average molecular weight is 401 g/mol. The van der Waals surface area contributed by atoms with E-state index in [2.05, 4.69) is 41.3 Å². The maximum atomic E-state index is 12.3. The number of aromatic amines is 1. The fourth-order valence-electron chi connectivity index (χ4n) is 2.88. The maximum Gasteiger partial charge on any atom is 0.270 e. The first-order chi connectivity index (χ1) is 14.3. The van der Waals surface area contributed by atoms with Crippen LogP contribution in [0.3, 0.4) is 0 Å². The number of ether oxygens (including phenoxy) is 1. The van der Waals surface area contributed by atoms with Gasteiger partial charge < -0.3 is 4.74 Å². The number of hydrazone groups is 1. The van der Waals surface area contributed by atoms with Crippen LogP contribution in [0.1, 0.15) is 37.5 Å². The fourth-order valence-corrected chi connectivity index (χ4v) is 2.88. The van der Waals surface area contributed by atoms with Gasteiger partial charge in [0, 0.05) is 11.1 Å². The van der Waals surface area contributed by atoms with Gasteiger partial charge >= 0.3 is 0 Å². The lowest BCUT2D eigenvalue weighted by molar-refractivity contribution is 0.412. The number of nitriles is 1. The minimum Gasteiger partial charge on any atom is -0.496 e. The SMILES string of the molecule is COc1cc(C(C)(C)C)ccc1C=NNc1nc(-c2ccccc2)c(C#N)c(=O)[nH]1. The fraction of sp³-hybridized carbons (Fsp3) is 0.217. The zero-order chi connectivity index (χ0) is 21.7. The number of hydrogen-bond acceptors (Lipinski definition) is 6. The van der Waals surface area contributed by atoms with Crippen LogP contribution in [-0.4, -0.2) is 23.3 Å². The van der Waals surface area contributed by atoms with E-state index in [4.69, 9.17) is 4.74 Å². The average Bonchev–Trinajstić information content (AvgIpc) is 2.73. The lowest BCUT2D eigenvalue weighted by Crippen LogP contribution is -2.16. The molecule has 0 aliphatic carbocycles. The van der Waals surface area contributed by atoms with Crippen LogP contribution in [0.25, 0.3) is 11.3 Å². The van der Waals surface area contributed by atoms with Crippen molar-refractivity contribution < 1.29 is 4.74 Å². The van der Waals surface area contributed by atoms with Crippen molar-refractivity contribution in [3.63, 3.8) is 0 Å². The number of nitrogens with zero attached hydrogens (tertiary/aromatic N) is 3. The second-order valence-corrected chi connectivity index (χ2v) is 7.69. The minimum absolute atomic E-state index is 0.000929. The van der Waals surface area contributed by atoms with Gasteiger partial charge in [-0.1, -0.05) is 57.2 Å². The van der Waals surface area contributed by atoms with E-state index < -0.39 is 5.56 Å². The highest BCUT2D eigenvalue weighted by Gasteiger charge is 2.16. The third-order valence-electron chi connectivity index (χ3n) is 4.55. The van der Waals surface area contributed by atoms with Crippen molar-refractivity contribution in [3.8, 4) is 23.1 Å². The van der Waals surface area contributed by atoms with Crippen LogP contribution in [0.5, 0.6) is 5.75 Å². The van der Waals surface area contributed by atoms with Gasteiger partial charge in [0.05, 0.1) is 19.0 Å². The number of aromatic nitrogens is 2. The van der Waals surface area contributed by atoms with Gasteiger partial charge in [0.2, 0.25) is 5.95 Å². The Hall–Kier alpha value is -3.92. The molecule has 0 unspecified atom stereocenters. The molecule has 0 fully saturated rings. The highest BCUT2D eigenvalue weighted by Crippen LogP contribution is 2.28. The lowest BCUT2D eigenvalue weighted by atomic mass is 9.86. The third kappa shape index (κ3) is 4.55. The molecule has 0 bridgehead atoms. The van der Waals surface area contributed by atoms with Crippen molar-refractivity contribution in [1.29, 1.82) is 5.26 Å². The Balaban J connectivity index is 1.90. The summed E-state index contributed by atoms with van der Waals surface area (Å²) in [6.07, 6.45) is 1.59. The molecule has 0 aliphatic rings. The van der Waals surface area contributed by atoms with Gasteiger partial charge in [-0.2, -0.15) is 10.4 Å². The van der Waals surface area contributed by atoms with Crippen molar-refractivity contribution in [2.45, 2.75) is 26.2 Å². The van der Waals surface area contributed by atoms with Crippen LogP contribution in [0.15, 0.2) is 58.4 Å². The van der Waals surface area contributed by atoms with Crippen molar-refractivity contribution in [3.05, 3.63) is 75.6 Å². The van der Waals surface area contributed by atoms with E-state index in [-0.39, 0.29) is 16.9 Å². The maximum absolute atomic E-state index is 12.3. The second kappa shape index (κ2) is 8.62. The topological polar surface area (TPSA) is 103 Å². The van der Waals surface area contributed by atoms with Crippen LogP contribution in [0.2, 0.25) is 0 Å². The van der Waals surface area contributed by atoms with Gasteiger partial charge in [-0.15, -0.1) is 0 Å². The summed E-state index contributed by atoms with van der Waals surface area (Å²) in [5, 5.41) is 13.5. The Morgan fingerprint density at radius 3 is 2.57 bits per heavy atom. The molecule has 7 nitrogen and oxygen atoms in total. The molecule has 3 rings (SSSR count). The molecule has 152 valence electrons. The van der Waals surface area contributed by atoms with E-state index in [9.17, 15) is 10.1 Å². The number of anilines is 1. The first-order valence-electron chi connectivity index (χ1n) is 9.41. The first-order valence-corrected chi connectivity index (χ1v) is 9.41. The monoisotopic (exact) mass is 401 g/mol. The zero-order valence-electron chi connectivity index (χ0n) is 17.4. The summed E-state index contributed by atoms with van der Waals surface area (Å²) in [5.74, 6) is 0.832. The van der Waals surface area contributed by atoms with Crippen LogP contribution < -0.4 is 15.7 Å². The summed E-state index contributed by atoms with van der Waals surface area (Å²) in [6.45, 7) is 6.40. The van der Waals surface area contributed by atoms with E-state index in [1.807, 2.05) is 42.5 Å². The summed E-state index contributed by atoms with van der Waals surface area (Å²) >= 11 is 0. The summed E-state index contributed by atoms with van der Waals surface area (Å²) < 4.78 is 5.48. The molecule has 0 saturated heterocycles. The van der Waals surface area contributed by atoms with Crippen LogP contribution in [-0.2, 0) is 5.41 Å². The predicted octanol–water partition coefficient (Wildman–Crippen LogP) is 4.06. The predicted molar refractivity (Wildman–Crippen MR) is 118 cm³/mol. The highest BCUT2D eigenvalue weighted by molar-refractivity contribution is 5.84. The standard InChI is InChI=1S/C23H23N5O2/c1-23(2,3)17-11-10-16(19(12-17)30-4)14-25-28-22-26-20(15-8-6-5-7-9-15)18(13-24)21(29)27-22/h5-12,14H,1-4H3,(H2,26,27,28,29). The van der Waals surface area contributed by atoms with E-state index >= 15 is 0 Å². The Morgan fingerprint density at radius 1 is 1.20 bits per heavy atom. The molecule has 30 heavy (non-hydrogen) atoms. The molecule has 1 heterocycles. The van der Waals surface area contributed by atoms with Gasteiger partial charge in [-0.3, -0.25) is 9.78 Å². The molecule has 0 spiro atoms. The molecule has 0 saturated carbocycles. The quantitative estimate of drug-likeness (QED) is 0.496. The molecule has 2 aromatic carbocycles. The normalized spacial score (nSPS) is 11.3. The molecule has 0 amide bonds. The van der Waals surface area contributed by atoms with Gasteiger partial charge in [0.25, 0.3) is 5.56 Å². The van der Waals surface area contributed by atoms with Crippen molar-refractivity contribution >= 4 is 12.2 Å². The van der Waals surface area contributed by atoms with E-state index in [0.717, 1.165) is 11.1 Å². The molecule has 0 radical (unpaired) electrons. The van der Waals surface area contributed by atoms with Crippen LogP contribution in [0, 0.1) is 11.3 Å². The molecule has 1 aromatic heterocycles. The first kappa shape index (κ1) is 20.8. The van der Waals surface area contributed by atoms with E-state index in [0.29, 0.717) is 17.0 Å². The Bertz CT molecular complexity index is 1170. The molecule has 0 atom stereocenters. The Labute approximate surface area is 175 Å². The summed E-state index contributed by atoms with van der Waals surface area (Å²) in [7, 11) is 1.61. The van der Waals surface area contributed by atoms with E-state index in [1.54, 1.807) is 25.5 Å². The number of nitrogens with one attached hydrogen (secondary N) is 2. The van der Waals surface area contributed by atoms with Gasteiger partial charge in [-0.05, 0) is 23.1 Å². The summed E-state index contributed by atoms with van der Waals surface area (Å²) in [6, 6.07) is 16.9. The Morgan fingerprint density at radius 2 is 1.93 bits per heavy atom. The lowest BCUT2D eigenvalue weighted by Gasteiger charge is -2.20. The summed E-state index contributed by atoms with van der Waals surface area (Å²) in [5.41, 5.74) is 5.05. The van der Waals surface area contributed by atoms with Crippen molar-refractivity contribution in [2.24, 2.45) is 5.10 Å². The summed E-state index contributed by atoms with van der Waals surface area (Å²) in [4.78, 5) is 19.2. The molecule has 2 N–H and O–H groups in total. The molecule has 0 aliphatic heterocycles. The molecular weight excluding hydrogens is 378 g/mol. The number of H-pyrrole nitrogens is 1. The largest absolute Gasteiger partial charge is 0.496 e.